The summed E-state index contributed by atoms with van der Waals surface area (Å²) in [7, 11) is 5.92. The predicted octanol–water partition coefficient (Wildman–Crippen LogP) is 4.18. The van der Waals surface area contributed by atoms with E-state index in [2.05, 4.69) is 53.1 Å². The van der Waals surface area contributed by atoms with Gasteiger partial charge in [-0.25, -0.2) is 9.50 Å². The van der Waals surface area contributed by atoms with Crippen molar-refractivity contribution in [2.75, 3.05) is 32.6 Å². The third kappa shape index (κ3) is 5.40. The zero-order chi connectivity index (χ0) is 25.1. The number of methoxy groups -OCH3 is 1. The van der Waals surface area contributed by atoms with E-state index in [9.17, 15) is 5.11 Å². The van der Waals surface area contributed by atoms with Gasteiger partial charge in [0.1, 0.15) is 6.23 Å². The molecule has 3 aromatic rings. The Morgan fingerprint density at radius 2 is 1.94 bits per heavy atom. The summed E-state index contributed by atoms with van der Waals surface area (Å²) in [5.41, 5.74) is 4.39. The van der Waals surface area contributed by atoms with Crippen molar-refractivity contribution in [1.82, 2.24) is 24.8 Å². The lowest BCUT2D eigenvalue weighted by Gasteiger charge is -2.40. The van der Waals surface area contributed by atoms with E-state index >= 15 is 0 Å². The first kappa shape index (κ1) is 25.7. The fourth-order valence-electron chi connectivity index (χ4n) is 5.32. The molecule has 1 aliphatic rings. The Morgan fingerprint density at radius 3 is 2.60 bits per heavy atom. The summed E-state index contributed by atoms with van der Waals surface area (Å²) in [6.07, 6.45) is 7.33. The average Bonchev–Trinajstić information content (AvgIpc) is 3.22. The van der Waals surface area contributed by atoms with Crippen LogP contribution in [0.5, 0.6) is 5.88 Å². The van der Waals surface area contributed by atoms with Gasteiger partial charge in [0.15, 0.2) is 5.65 Å². The lowest BCUT2D eigenvalue weighted by molar-refractivity contribution is 0.136. The number of aliphatic hydroxyl groups is 1. The van der Waals surface area contributed by atoms with Crippen LogP contribution < -0.4 is 15.0 Å². The van der Waals surface area contributed by atoms with Crippen LogP contribution in [0.1, 0.15) is 55.5 Å². The van der Waals surface area contributed by atoms with E-state index in [4.69, 9.17) is 16.3 Å². The molecule has 2 heterocycles. The molecule has 9 heteroatoms. The van der Waals surface area contributed by atoms with Crippen molar-refractivity contribution in [1.29, 1.82) is 0 Å². The molecule has 0 amide bonds. The van der Waals surface area contributed by atoms with E-state index in [1.807, 2.05) is 24.4 Å². The zero-order valence-electron chi connectivity index (χ0n) is 21.3. The molecular formula is C26H37ClN6O2. The monoisotopic (exact) mass is 500 g/mol. The maximum Gasteiger partial charge on any atom is 0.239 e. The summed E-state index contributed by atoms with van der Waals surface area (Å²) in [6.45, 7) is 5.50. The number of hydrogen-bond donors (Lipinski definition) is 2. The fraction of sp³-hybridized carbons (Fsp3) is 0.538. The third-order valence-electron chi connectivity index (χ3n) is 7.29. The Balaban J connectivity index is 1.54. The predicted molar refractivity (Wildman–Crippen MR) is 140 cm³/mol. The molecule has 0 bridgehead atoms. The van der Waals surface area contributed by atoms with E-state index in [0.29, 0.717) is 35.2 Å². The maximum absolute atomic E-state index is 11.2. The first-order valence-corrected chi connectivity index (χ1v) is 12.7. The smallest absolute Gasteiger partial charge is 0.239 e. The number of halogens is 1. The molecule has 8 nitrogen and oxygen atoms in total. The highest BCUT2D eigenvalue weighted by Crippen LogP contribution is 2.35. The lowest BCUT2D eigenvalue weighted by Crippen LogP contribution is -2.42. The van der Waals surface area contributed by atoms with Crippen molar-refractivity contribution in [2.45, 2.75) is 64.4 Å². The summed E-state index contributed by atoms with van der Waals surface area (Å²) in [4.78, 5) is 9.22. The first-order valence-electron chi connectivity index (χ1n) is 12.3. The van der Waals surface area contributed by atoms with Crippen molar-refractivity contribution in [2.24, 2.45) is 0 Å². The van der Waals surface area contributed by atoms with Gasteiger partial charge in [0.25, 0.3) is 0 Å². The van der Waals surface area contributed by atoms with Crippen molar-refractivity contribution >= 4 is 22.9 Å². The van der Waals surface area contributed by atoms with Crippen molar-refractivity contribution < 1.29 is 9.84 Å². The summed E-state index contributed by atoms with van der Waals surface area (Å²) in [5, 5.41) is 19.4. The van der Waals surface area contributed by atoms with Crippen LogP contribution in [-0.4, -0.2) is 64.4 Å². The molecule has 1 unspecified atom stereocenters. The van der Waals surface area contributed by atoms with Gasteiger partial charge in [0.2, 0.25) is 5.88 Å². The topological polar surface area (TPSA) is 78.2 Å². The van der Waals surface area contributed by atoms with E-state index in [1.165, 1.54) is 12.8 Å². The van der Waals surface area contributed by atoms with Gasteiger partial charge in [-0.05, 0) is 77.4 Å². The molecule has 1 atom stereocenters. The summed E-state index contributed by atoms with van der Waals surface area (Å²) in [6, 6.07) is 6.82. The standard InChI is InChI=1S/C26H37ClN6O2/c1-6-32(20-10-8-19(9-11-20)31(3)4)23-15-18(27)14-21(17(23)2)25(34)29-16-22-24-28-12-7-13-33(24)30-26(22)35-5/h7,12-15,19-20,25,29,34H,6,8-11,16H2,1-5H3/t19-,20-,25?. The van der Waals surface area contributed by atoms with Gasteiger partial charge in [0, 0.05) is 53.8 Å². The van der Waals surface area contributed by atoms with Crippen LogP contribution >= 0.6 is 11.6 Å². The van der Waals surface area contributed by atoms with Gasteiger partial charge in [-0.1, -0.05) is 11.6 Å². The summed E-state index contributed by atoms with van der Waals surface area (Å²) in [5.74, 6) is 0.484. The lowest BCUT2D eigenvalue weighted by atomic mass is 9.88. The molecule has 1 fully saturated rings. The highest BCUT2D eigenvalue weighted by molar-refractivity contribution is 6.31. The molecule has 0 radical (unpaired) electrons. The second-order valence-corrected chi connectivity index (χ2v) is 9.95. The summed E-state index contributed by atoms with van der Waals surface area (Å²) < 4.78 is 7.12. The maximum atomic E-state index is 11.2. The van der Waals surface area contributed by atoms with Crippen molar-refractivity contribution in [3.8, 4) is 5.88 Å². The third-order valence-corrected chi connectivity index (χ3v) is 7.50. The van der Waals surface area contributed by atoms with Crippen LogP contribution in [0.4, 0.5) is 5.69 Å². The van der Waals surface area contributed by atoms with E-state index in [0.717, 1.165) is 41.8 Å². The molecule has 2 aromatic heterocycles. The second-order valence-electron chi connectivity index (χ2n) is 9.51. The van der Waals surface area contributed by atoms with Gasteiger partial charge in [0.05, 0.1) is 12.7 Å². The van der Waals surface area contributed by atoms with Crippen molar-refractivity contribution in [3.05, 3.63) is 52.3 Å². The Hall–Kier alpha value is -2.39. The Bertz CT molecular complexity index is 1140. The molecule has 1 aromatic carbocycles. The molecular weight excluding hydrogens is 464 g/mol. The number of aliphatic hydroxyl groups excluding tert-OH is 1. The highest BCUT2D eigenvalue weighted by atomic mass is 35.5. The van der Waals surface area contributed by atoms with Crippen molar-refractivity contribution in [3.63, 3.8) is 0 Å². The molecule has 190 valence electrons. The number of nitrogens with one attached hydrogen (secondary N) is 1. The van der Waals surface area contributed by atoms with Crippen LogP contribution in [-0.2, 0) is 6.54 Å². The molecule has 0 saturated heterocycles. The average molecular weight is 501 g/mol. The molecule has 1 saturated carbocycles. The molecule has 2 N–H and O–H groups in total. The first-order chi connectivity index (χ1) is 16.8. The minimum atomic E-state index is -0.904. The van der Waals surface area contributed by atoms with Gasteiger partial charge in [-0.3, -0.25) is 5.32 Å². The minimum absolute atomic E-state index is 0.345. The Morgan fingerprint density at radius 1 is 1.23 bits per heavy atom. The number of fused-ring (bicyclic) bond motifs is 1. The van der Waals surface area contributed by atoms with Crippen LogP contribution in [0.2, 0.25) is 5.02 Å². The Labute approximate surface area is 212 Å². The number of nitrogens with zero attached hydrogens (tertiary/aromatic N) is 5. The molecule has 4 rings (SSSR count). The van der Waals surface area contributed by atoms with E-state index < -0.39 is 6.23 Å². The minimum Gasteiger partial charge on any atom is -0.480 e. The number of ether oxygens (including phenoxy) is 1. The van der Waals surface area contributed by atoms with Crippen LogP contribution in [0.15, 0.2) is 30.6 Å². The SMILES string of the molecule is CCN(c1cc(Cl)cc(C(O)NCc2c(OC)nn3cccnc23)c1C)[C@H]1CC[C@H](N(C)C)CC1. The highest BCUT2D eigenvalue weighted by Gasteiger charge is 2.28. The van der Waals surface area contributed by atoms with Gasteiger partial charge >= 0.3 is 0 Å². The van der Waals surface area contributed by atoms with Crippen LogP contribution in [0.3, 0.4) is 0 Å². The molecule has 0 aliphatic heterocycles. The molecule has 1 aliphatic carbocycles. The normalized spacial score (nSPS) is 19.3. The van der Waals surface area contributed by atoms with E-state index in [1.54, 1.807) is 17.8 Å². The van der Waals surface area contributed by atoms with Gasteiger partial charge in [-0.2, -0.15) is 0 Å². The summed E-state index contributed by atoms with van der Waals surface area (Å²) >= 11 is 6.58. The number of hydrogen-bond acceptors (Lipinski definition) is 7. The Kier molecular flexibility index (Phi) is 8.16. The zero-order valence-corrected chi connectivity index (χ0v) is 22.1. The largest absolute Gasteiger partial charge is 0.480 e. The van der Waals surface area contributed by atoms with Crippen LogP contribution in [0.25, 0.3) is 5.65 Å². The fourth-order valence-corrected chi connectivity index (χ4v) is 5.54. The number of anilines is 1. The van der Waals surface area contributed by atoms with Gasteiger partial charge in [-0.15, -0.1) is 5.10 Å². The quantitative estimate of drug-likeness (QED) is 0.427. The van der Waals surface area contributed by atoms with E-state index in [-0.39, 0.29) is 0 Å². The molecule has 35 heavy (non-hydrogen) atoms. The number of aromatic nitrogens is 3. The second kappa shape index (κ2) is 11.1. The number of rotatable bonds is 9. The molecule has 0 spiro atoms. The van der Waals surface area contributed by atoms with Crippen LogP contribution in [0, 0.1) is 6.92 Å². The number of benzene rings is 1. The van der Waals surface area contributed by atoms with Gasteiger partial charge < -0.3 is 19.6 Å².